The molecule has 1 unspecified atom stereocenters. The number of piperidine rings is 1. The number of hydrogen-bond acceptors (Lipinski definition) is 4. The summed E-state index contributed by atoms with van der Waals surface area (Å²) in [7, 11) is 0. The molecule has 5 heteroatoms. The lowest BCUT2D eigenvalue weighted by atomic mass is 10.1. The van der Waals surface area contributed by atoms with Crippen molar-refractivity contribution in [1.82, 2.24) is 5.01 Å². The summed E-state index contributed by atoms with van der Waals surface area (Å²) in [4.78, 5) is 12.2. The van der Waals surface area contributed by atoms with Gasteiger partial charge in [0.15, 0.2) is 0 Å². The van der Waals surface area contributed by atoms with Crippen LogP contribution in [0, 0.1) is 5.21 Å². The molecule has 0 aromatic rings. The summed E-state index contributed by atoms with van der Waals surface area (Å²) in [6.45, 7) is 8.91. The number of nitrogens with zero attached hydrogens (tertiary/aromatic N) is 2. The van der Waals surface area contributed by atoms with Crippen molar-refractivity contribution in [2.24, 2.45) is 0 Å². The Kier molecular flexibility index (Phi) is 5.13. The Balaban J connectivity index is 2.80. The predicted octanol–water partition coefficient (Wildman–Crippen LogP) is 3.05. The maximum atomic E-state index is 12.8. The molecule has 0 spiro atoms. The van der Waals surface area contributed by atoms with Crippen LogP contribution in [0.4, 0.5) is 4.79 Å². The van der Waals surface area contributed by atoms with E-state index in [4.69, 9.17) is 4.74 Å². The zero-order valence-electron chi connectivity index (χ0n) is 12.1. The Morgan fingerprint density at radius 2 is 1.83 bits per heavy atom. The van der Waals surface area contributed by atoms with Gasteiger partial charge in [-0.25, -0.2) is 0 Å². The Labute approximate surface area is 110 Å². The van der Waals surface area contributed by atoms with E-state index in [0.29, 0.717) is 19.5 Å². The van der Waals surface area contributed by atoms with Crippen molar-refractivity contribution in [2.45, 2.75) is 59.0 Å². The number of hydroxylamine groups is 2. The van der Waals surface area contributed by atoms with Crippen LogP contribution in [0.2, 0.25) is 0 Å². The third-order valence-electron chi connectivity index (χ3n) is 2.99. The van der Waals surface area contributed by atoms with Gasteiger partial charge in [-0.15, -0.1) is 5.01 Å². The van der Waals surface area contributed by atoms with Crippen molar-refractivity contribution in [1.29, 1.82) is 0 Å². The van der Waals surface area contributed by atoms with Gasteiger partial charge >= 0.3 is 6.09 Å². The fraction of sp³-hybridized carbons (Fsp3) is 0.923. The smallest absolute Gasteiger partial charge is 0.536 e. The second kappa shape index (κ2) is 5.99. The summed E-state index contributed by atoms with van der Waals surface area (Å²) in [6.07, 6.45) is 3.09. The molecule has 0 aliphatic carbocycles. The predicted molar refractivity (Wildman–Crippen MR) is 70.4 cm³/mol. The van der Waals surface area contributed by atoms with Crippen LogP contribution in [0.3, 0.4) is 0 Å². The average Bonchev–Trinajstić information content (AvgIpc) is 2.28. The van der Waals surface area contributed by atoms with Crippen molar-refractivity contribution >= 4 is 6.09 Å². The quantitative estimate of drug-likeness (QED) is 0.576. The van der Waals surface area contributed by atoms with Crippen LogP contribution in [0.5, 0.6) is 0 Å². The Morgan fingerprint density at radius 1 is 1.28 bits per heavy atom. The summed E-state index contributed by atoms with van der Waals surface area (Å²) in [5, 5.41) is 14.5. The molecule has 1 saturated heterocycles. The van der Waals surface area contributed by atoms with Gasteiger partial charge in [0.1, 0.15) is 12.1 Å². The summed E-state index contributed by atoms with van der Waals surface area (Å²) < 4.78 is 4.34. The molecule has 0 aromatic carbocycles. The molecule has 1 atom stereocenters. The standard InChI is InChI=1S/C13H26N2O3/c1-5-11-15(17,12(16)18-13(2,3)4)14-9-7-6-8-10-14/h5-11H2,1-4H3. The number of carbonyl (C=O) groups is 1. The number of hydrogen-bond donors (Lipinski definition) is 0. The Hall–Kier alpha value is -0.650. The molecule has 5 nitrogen and oxygen atoms in total. The van der Waals surface area contributed by atoms with Crippen LogP contribution in [0.25, 0.3) is 0 Å². The topological polar surface area (TPSA) is 52.6 Å². The second-order valence-corrected chi connectivity index (χ2v) is 5.92. The molecule has 0 bridgehead atoms. The van der Waals surface area contributed by atoms with E-state index in [9.17, 15) is 10.0 Å². The highest BCUT2D eigenvalue weighted by Crippen LogP contribution is 2.23. The number of quaternary nitrogens is 1. The molecule has 0 N–H and O–H groups in total. The van der Waals surface area contributed by atoms with E-state index in [1.54, 1.807) is 25.8 Å². The van der Waals surface area contributed by atoms with Crippen LogP contribution in [0.15, 0.2) is 0 Å². The molecule has 1 aliphatic heterocycles. The highest BCUT2D eigenvalue weighted by Gasteiger charge is 2.39. The third kappa shape index (κ3) is 3.93. The lowest BCUT2D eigenvalue weighted by molar-refractivity contribution is -0.931. The fourth-order valence-corrected chi connectivity index (χ4v) is 2.18. The number of rotatable bonds is 3. The van der Waals surface area contributed by atoms with E-state index in [0.717, 1.165) is 19.3 Å². The fourth-order valence-electron chi connectivity index (χ4n) is 2.18. The normalized spacial score (nSPS) is 21.4. The minimum atomic E-state index is -0.951. The van der Waals surface area contributed by atoms with E-state index < -0.39 is 16.4 Å². The number of carbonyl (C=O) groups excluding carboxylic acids is 1. The van der Waals surface area contributed by atoms with Gasteiger partial charge in [-0.2, -0.15) is 9.55 Å². The molecule has 1 aliphatic rings. The zero-order chi connectivity index (χ0) is 13.8. The Bertz CT molecular complexity index is 282. The van der Waals surface area contributed by atoms with E-state index in [2.05, 4.69) is 0 Å². The van der Waals surface area contributed by atoms with E-state index in [-0.39, 0.29) is 6.54 Å². The van der Waals surface area contributed by atoms with Gasteiger partial charge in [0, 0.05) is 13.1 Å². The summed E-state index contributed by atoms with van der Waals surface area (Å²) in [5.74, 6) is 0. The molecule has 0 aromatic heterocycles. The van der Waals surface area contributed by atoms with Crippen LogP contribution in [-0.4, -0.2) is 41.1 Å². The van der Waals surface area contributed by atoms with Crippen LogP contribution < -0.4 is 0 Å². The van der Waals surface area contributed by atoms with Crippen molar-refractivity contribution in [3.05, 3.63) is 5.21 Å². The second-order valence-electron chi connectivity index (χ2n) is 5.92. The molecule has 106 valence electrons. The van der Waals surface area contributed by atoms with Crippen LogP contribution >= 0.6 is 0 Å². The van der Waals surface area contributed by atoms with E-state index in [1.165, 1.54) is 0 Å². The molecule has 0 saturated carbocycles. The van der Waals surface area contributed by atoms with Gasteiger partial charge in [-0.1, -0.05) is 13.3 Å². The van der Waals surface area contributed by atoms with Crippen molar-refractivity contribution in [3.8, 4) is 0 Å². The first-order valence-electron chi connectivity index (χ1n) is 6.87. The first-order chi connectivity index (χ1) is 8.29. The summed E-state index contributed by atoms with van der Waals surface area (Å²) >= 11 is 0. The van der Waals surface area contributed by atoms with E-state index in [1.807, 2.05) is 6.92 Å². The van der Waals surface area contributed by atoms with Gasteiger partial charge in [-0.05, 0) is 40.0 Å². The Morgan fingerprint density at radius 3 is 2.28 bits per heavy atom. The summed E-state index contributed by atoms with van der Waals surface area (Å²) in [6, 6.07) is 0. The van der Waals surface area contributed by atoms with E-state index >= 15 is 0 Å². The molecular weight excluding hydrogens is 232 g/mol. The third-order valence-corrected chi connectivity index (χ3v) is 2.99. The average molecular weight is 258 g/mol. The van der Waals surface area contributed by atoms with Crippen molar-refractivity contribution < 1.29 is 14.3 Å². The van der Waals surface area contributed by atoms with Gasteiger partial charge in [0.2, 0.25) is 0 Å². The first kappa shape index (κ1) is 15.4. The molecule has 18 heavy (non-hydrogen) atoms. The van der Waals surface area contributed by atoms with Crippen LogP contribution in [0.1, 0.15) is 53.4 Å². The monoisotopic (exact) mass is 258 g/mol. The molecular formula is C13H26N2O3. The minimum absolute atomic E-state index is 0.259. The van der Waals surface area contributed by atoms with Crippen molar-refractivity contribution in [2.75, 3.05) is 19.6 Å². The highest BCUT2D eigenvalue weighted by molar-refractivity contribution is 5.60. The SMILES string of the molecule is CCC[N+]([O-])(C(=O)OC(C)(C)C)N1CCCCC1. The van der Waals surface area contributed by atoms with Gasteiger partial charge in [0.05, 0.1) is 0 Å². The summed E-state index contributed by atoms with van der Waals surface area (Å²) in [5.41, 5.74) is -0.617. The number of amides is 1. The lowest BCUT2D eigenvalue weighted by Gasteiger charge is -2.47. The molecule has 1 heterocycles. The maximum Gasteiger partial charge on any atom is 0.536 e. The van der Waals surface area contributed by atoms with Gasteiger partial charge in [0.25, 0.3) is 0 Å². The lowest BCUT2D eigenvalue weighted by Crippen LogP contribution is -2.62. The largest absolute Gasteiger partial charge is 0.601 e. The zero-order valence-corrected chi connectivity index (χ0v) is 12.1. The molecule has 1 fully saturated rings. The maximum absolute atomic E-state index is 12.8. The van der Waals surface area contributed by atoms with Gasteiger partial charge < -0.3 is 9.94 Å². The molecule has 1 rings (SSSR count). The minimum Gasteiger partial charge on any atom is -0.601 e. The first-order valence-corrected chi connectivity index (χ1v) is 6.87. The van der Waals surface area contributed by atoms with Gasteiger partial charge in [-0.3, -0.25) is 0 Å². The number of ether oxygens (including phenoxy) is 1. The van der Waals surface area contributed by atoms with Crippen molar-refractivity contribution in [3.63, 3.8) is 0 Å². The highest BCUT2D eigenvalue weighted by atomic mass is 16.7. The molecule has 0 radical (unpaired) electrons. The van der Waals surface area contributed by atoms with Crippen LogP contribution in [-0.2, 0) is 4.74 Å². The molecule has 1 amide bonds.